The minimum absolute atomic E-state index is 0.237. The Hall–Kier alpha value is -2.15. The molecule has 1 amide bonds. The predicted molar refractivity (Wildman–Crippen MR) is 64.0 cm³/mol. The number of nitrogens with two attached hydrogens (primary N) is 1. The summed E-state index contributed by atoms with van der Waals surface area (Å²) in [7, 11) is 0. The van der Waals surface area contributed by atoms with Crippen LogP contribution in [-0.4, -0.2) is 27.6 Å². The lowest BCUT2D eigenvalue weighted by atomic mass is 10.2. The first-order chi connectivity index (χ1) is 8.66. The molecule has 3 N–H and O–H groups in total. The topological polar surface area (TPSA) is 107 Å². The zero-order valence-electron chi connectivity index (χ0n) is 9.26. The van der Waals surface area contributed by atoms with Crippen molar-refractivity contribution >= 4 is 23.3 Å². The molecule has 0 aliphatic carbocycles. The van der Waals surface area contributed by atoms with Crippen molar-refractivity contribution in [3.8, 4) is 0 Å². The molecule has 0 unspecified atom stereocenters. The highest BCUT2D eigenvalue weighted by Crippen LogP contribution is 2.16. The van der Waals surface area contributed by atoms with Gasteiger partial charge in [0.2, 0.25) is 5.89 Å². The quantitative estimate of drug-likeness (QED) is 0.843. The number of carbonyl (C=O) groups excluding carboxylic acids is 1. The van der Waals surface area contributed by atoms with Crippen LogP contribution < -0.4 is 11.1 Å². The molecule has 0 saturated carbocycles. The van der Waals surface area contributed by atoms with Crippen LogP contribution in [0.15, 0.2) is 23.1 Å². The Morgan fingerprint density at radius 1 is 1.50 bits per heavy atom. The summed E-state index contributed by atoms with van der Waals surface area (Å²) in [6.07, 6.45) is 3.09. The van der Waals surface area contributed by atoms with Gasteiger partial charge in [0.25, 0.3) is 5.91 Å². The first-order valence-electron chi connectivity index (χ1n) is 5.11. The van der Waals surface area contributed by atoms with E-state index >= 15 is 0 Å². The Labute approximate surface area is 107 Å². The van der Waals surface area contributed by atoms with E-state index in [4.69, 9.17) is 21.9 Å². The summed E-state index contributed by atoms with van der Waals surface area (Å²) < 4.78 is 4.80. The fraction of sp³-hybridized carbons (Fsp3) is 0.200. The number of amides is 1. The normalized spacial score (nSPS) is 10.3. The van der Waals surface area contributed by atoms with E-state index in [1.54, 1.807) is 0 Å². The fourth-order valence-electron chi connectivity index (χ4n) is 1.31. The number of hydrogen-bond acceptors (Lipinski definition) is 6. The molecule has 2 aromatic heterocycles. The van der Waals surface area contributed by atoms with Crippen molar-refractivity contribution in [1.29, 1.82) is 0 Å². The number of nitrogen functional groups attached to an aromatic ring is 1. The highest BCUT2D eigenvalue weighted by atomic mass is 35.5. The average Bonchev–Trinajstić information content (AvgIpc) is 2.85. The smallest absolute Gasteiger partial charge is 0.253 e. The molecule has 0 fully saturated rings. The summed E-state index contributed by atoms with van der Waals surface area (Å²) in [5.74, 6) is 0.366. The molecule has 0 spiro atoms. The number of halogens is 1. The molecule has 0 aromatic carbocycles. The lowest BCUT2D eigenvalue weighted by Crippen LogP contribution is -2.26. The van der Waals surface area contributed by atoms with Gasteiger partial charge in [-0.3, -0.25) is 4.79 Å². The molecule has 2 heterocycles. The van der Waals surface area contributed by atoms with Gasteiger partial charge in [-0.05, 0) is 6.07 Å². The van der Waals surface area contributed by atoms with Crippen LogP contribution in [0.4, 0.5) is 5.82 Å². The lowest BCUT2D eigenvalue weighted by Gasteiger charge is -2.05. The SMILES string of the molecule is Nc1cc(C(=O)NCCc2ncno2)c(Cl)cn1. The maximum Gasteiger partial charge on any atom is 0.253 e. The Bertz CT molecular complexity index is 543. The van der Waals surface area contributed by atoms with E-state index in [9.17, 15) is 4.79 Å². The molecule has 0 aliphatic heterocycles. The minimum atomic E-state index is -0.325. The van der Waals surface area contributed by atoms with E-state index in [0.717, 1.165) is 0 Å². The van der Waals surface area contributed by atoms with Crippen LogP contribution in [-0.2, 0) is 6.42 Å². The van der Waals surface area contributed by atoms with Crippen LogP contribution >= 0.6 is 11.6 Å². The number of aromatic nitrogens is 3. The van der Waals surface area contributed by atoms with Crippen LogP contribution in [0, 0.1) is 0 Å². The Kier molecular flexibility index (Phi) is 3.73. The van der Waals surface area contributed by atoms with Crippen LogP contribution in [0.5, 0.6) is 0 Å². The van der Waals surface area contributed by atoms with Crippen molar-refractivity contribution in [3.05, 3.63) is 35.1 Å². The van der Waals surface area contributed by atoms with Crippen molar-refractivity contribution in [2.75, 3.05) is 12.3 Å². The summed E-state index contributed by atoms with van der Waals surface area (Å²) in [6, 6.07) is 1.42. The van der Waals surface area contributed by atoms with Crippen LogP contribution in [0.25, 0.3) is 0 Å². The van der Waals surface area contributed by atoms with E-state index < -0.39 is 0 Å². The third kappa shape index (κ3) is 2.95. The van der Waals surface area contributed by atoms with Gasteiger partial charge in [0, 0.05) is 19.2 Å². The standard InChI is InChI=1S/C10H10ClN5O2/c11-7-4-14-8(12)3-6(7)10(17)13-2-1-9-15-5-16-18-9/h3-5H,1-2H2,(H2,12,14)(H,13,17). The van der Waals surface area contributed by atoms with Gasteiger partial charge >= 0.3 is 0 Å². The van der Waals surface area contributed by atoms with Crippen LogP contribution in [0.1, 0.15) is 16.2 Å². The molecular formula is C10H10ClN5O2. The van der Waals surface area contributed by atoms with Crippen LogP contribution in [0.3, 0.4) is 0 Å². The highest BCUT2D eigenvalue weighted by Gasteiger charge is 2.11. The van der Waals surface area contributed by atoms with Gasteiger partial charge in [0.15, 0.2) is 6.33 Å². The first kappa shape index (κ1) is 12.3. The van der Waals surface area contributed by atoms with E-state index in [1.807, 2.05) is 0 Å². The Balaban J connectivity index is 1.93. The van der Waals surface area contributed by atoms with Crippen molar-refractivity contribution in [3.63, 3.8) is 0 Å². The predicted octanol–water partition coefficient (Wildman–Crippen LogP) is 0.673. The molecule has 0 radical (unpaired) electrons. The molecule has 94 valence electrons. The van der Waals surface area contributed by atoms with E-state index in [2.05, 4.69) is 20.4 Å². The summed E-state index contributed by atoms with van der Waals surface area (Å²) in [4.78, 5) is 19.4. The second kappa shape index (κ2) is 5.46. The third-order valence-corrected chi connectivity index (χ3v) is 2.45. The Morgan fingerprint density at radius 2 is 2.33 bits per heavy atom. The van der Waals surface area contributed by atoms with Gasteiger partial charge in [0.05, 0.1) is 10.6 Å². The third-order valence-electron chi connectivity index (χ3n) is 2.15. The summed E-state index contributed by atoms with van der Waals surface area (Å²) in [5, 5.41) is 6.38. The molecule has 0 atom stereocenters. The number of rotatable bonds is 4. The molecule has 18 heavy (non-hydrogen) atoms. The molecular weight excluding hydrogens is 258 g/mol. The van der Waals surface area contributed by atoms with Gasteiger partial charge in [-0.2, -0.15) is 4.98 Å². The molecule has 2 aromatic rings. The van der Waals surface area contributed by atoms with Gasteiger partial charge in [-0.25, -0.2) is 4.98 Å². The van der Waals surface area contributed by atoms with Crippen molar-refractivity contribution in [1.82, 2.24) is 20.4 Å². The zero-order chi connectivity index (χ0) is 13.0. The van der Waals surface area contributed by atoms with Crippen LogP contribution in [0.2, 0.25) is 5.02 Å². The fourth-order valence-corrected chi connectivity index (χ4v) is 1.50. The second-order valence-electron chi connectivity index (χ2n) is 3.43. The summed E-state index contributed by atoms with van der Waals surface area (Å²) in [5.41, 5.74) is 5.77. The Morgan fingerprint density at radius 3 is 3.06 bits per heavy atom. The van der Waals surface area contributed by atoms with E-state index in [0.29, 0.717) is 18.9 Å². The summed E-state index contributed by atoms with van der Waals surface area (Å²) >= 11 is 5.85. The average molecular weight is 268 g/mol. The highest BCUT2D eigenvalue weighted by molar-refractivity contribution is 6.33. The lowest BCUT2D eigenvalue weighted by molar-refractivity contribution is 0.0953. The number of hydrogen-bond donors (Lipinski definition) is 2. The second-order valence-corrected chi connectivity index (χ2v) is 3.84. The number of carbonyl (C=O) groups is 1. The molecule has 0 bridgehead atoms. The van der Waals surface area contributed by atoms with E-state index in [1.165, 1.54) is 18.6 Å². The number of pyridine rings is 1. The van der Waals surface area contributed by atoms with E-state index in [-0.39, 0.29) is 22.3 Å². The van der Waals surface area contributed by atoms with Gasteiger partial charge in [-0.15, -0.1) is 0 Å². The molecule has 8 heteroatoms. The molecule has 0 saturated heterocycles. The minimum Gasteiger partial charge on any atom is -0.384 e. The number of anilines is 1. The van der Waals surface area contributed by atoms with Gasteiger partial charge in [-0.1, -0.05) is 16.8 Å². The van der Waals surface area contributed by atoms with Gasteiger partial charge in [0.1, 0.15) is 5.82 Å². The molecule has 0 aliphatic rings. The van der Waals surface area contributed by atoms with Crippen molar-refractivity contribution in [2.24, 2.45) is 0 Å². The van der Waals surface area contributed by atoms with Gasteiger partial charge < -0.3 is 15.6 Å². The molecule has 7 nitrogen and oxygen atoms in total. The molecule has 2 rings (SSSR count). The summed E-state index contributed by atoms with van der Waals surface area (Å²) in [6.45, 7) is 0.361. The maximum absolute atomic E-state index is 11.8. The van der Waals surface area contributed by atoms with Crippen molar-refractivity contribution < 1.29 is 9.32 Å². The number of nitrogens with zero attached hydrogens (tertiary/aromatic N) is 3. The first-order valence-corrected chi connectivity index (χ1v) is 5.49. The zero-order valence-corrected chi connectivity index (χ0v) is 10.0. The number of nitrogens with one attached hydrogen (secondary N) is 1. The largest absolute Gasteiger partial charge is 0.384 e. The monoisotopic (exact) mass is 267 g/mol. The maximum atomic E-state index is 11.8. The van der Waals surface area contributed by atoms with Crippen molar-refractivity contribution in [2.45, 2.75) is 6.42 Å².